The molecule has 0 aromatic heterocycles. The number of ether oxygens (including phenoxy) is 1. The summed E-state index contributed by atoms with van der Waals surface area (Å²) in [6, 6.07) is 4.87. The molecule has 0 saturated heterocycles. The maximum Gasteiger partial charge on any atom is 0.337 e. The fraction of sp³-hybridized carbons (Fsp3) is 0.375. The zero-order valence-electron chi connectivity index (χ0n) is 12.9. The van der Waals surface area contributed by atoms with Crippen LogP contribution in [0.5, 0.6) is 5.75 Å². The molecule has 0 fully saturated rings. The molecule has 0 heterocycles. The third kappa shape index (κ3) is 4.43. The summed E-state index contributed by atoms with van der Waals surface area (Å²) in [5, 5.41) is 9.51. The molecule has 1 aromatic rings. The van der Waals surface area contributed by atoms with Gasteiger partial charge in [0.05, 0.1) is 19.7 Å². The quantitative estimate of drug-likeness (QED) is 0.287. The van der Waals surface area contributed by atoms with Crippen LogP contribution < -0.4 is 0 Å². The Kier molecular flexibility index (Phi) is 5.27. The van der Waals surface area contributed by atoms with Crippen molar-refractivity contribution in [2.45, 2.75) is 26.6 Å². The van der Waals surface area contributed by atoms with Gasteiger partial charge in [0, 0.05) is 18.1 Å². The first-order valence-corrected chi connectivity index (χ1v) is 6.63. The zero-order chi connectivity index (χ0) is 16.2. The summed E-state index contributed by atoms with van der Waals surface area (Å²) in [6.07, 6.45) is 0.242. The molecule has 1 atom stereocenters. The molecule has 1 aromatic carbocycles. The van der Waals surface area contributed by atoms with Gasteiger partial charge in [-0.3, -0.25) is 9.28 Å². The van der Waals surface area contributed by atoms with Crippen LogP contribution in [0.2, 0.25) is 0 Å². The Hall–Kier alpha value is -2.14. The van der Waals surface area contributed by atoms with Crippen molar-refractivity contribution in [3.05, 3.63) is 41.5 Å². The highest BCUT2D eigenvalue weighted by atomic mass is 16.6. The Morgan fingerprint density at radius 2 is 2.10 bits per heavy atom. The lowest BCUT2D eigenvalue weighted by atomic mass is 10.1. The van der Waals surface area contributed by atoms with E-state index in [1.165, 1.54) is 6.07 Å². The number of hydrogen-bond acceptors (Lipinski definition) is 4. The van der Waals surface area contributed by atoms with E-state index >= 15 is 0 Å². The molecule has 114 valence electrons. The molecule has 0 amide bonds. The Morgan fingerprint density at radius 1 is 1.48 bits per heavy atom. The van der Waals surface area contributed by atoms with Gasteiger partial charge >= 0.3 is 5.97 Å². The first-order valence-electron chi connectivity index (χ1n) is 6.63. The number of aromatic hydroxyl groups is 1. The van der Waals surface area contributed by atoms with Crippen molar-refractivity contribution < 1.29 is 23.9 Å². The van der Waals surface area contributed by atoms with Crippen molar-refractivity contribution in [1.82, 2.24) is 0 Å². The maximum atomic E-state index is 11.6. The second-order valence-corrected chi connectivity index (χ2v) is 5.73. The van der Waals surface area contributed by atoms with Gasteiger partial charge in [-0.05, 0) is 25.1 Å². The number of quaternary nitrogens is 1. The van der Waals surface area contributed by atoms with Gasteiger partial charge in [-0.15, -0.1) is 0 Å². The third-order valence-corrected chi connectivity index (χ3v) is 3.42. The highest BCUT2D eigenvalue weighted by molar-refractivity contribution is 5.87. The minimum atomic E-state index is -0.423. The van der Waals surface area contributed by atoms with Crippen LogP contribution in [0.15, 0.2) is 30.4 Å². The Morgan fingerprint density at radius 3 is 2.62 bits per heavy atom. The van der Waals surface area contributed by atoms with Crippen molar-refractivity contribution >= 4 is 12.3 Å². The molecular formula is C16H22NO4+. The van der Waals surface area contributed by atoms with Crippen LogP contribution in [0.3, 0.4) is 0 Å². The fourth-order valence-corrected chi connectivity index (χ4v) is 1.79. The van der Waals surface area contributed by atoms with E-state index in [1.807, 2.05) is 21.0 Å². The summed E-state index contributed by atoms with van der Waals surface area (Å²) in [4.78, 5) is 22.4. The van der Waals surface area contributed by atoms with Crippen LogP contribution in [-0.4, -0.2) is 42.2 Å². The number of esters is 1. The number of rotatable bonds is 6. The first-order chi connectivity index (χ1) is 9.67. The molecule has 0 spiro atoms. The minimum absolute atomic E-state index is 0.0409. The molecule has 0 aliphatic heterocycles. The van der Waals surface area contributed by atoms with E-state index in [2.05, 4.69) is 6.58 Å². The van der Waals surface area contributed by atoms with Crippen molar-refractivity contribution in [3.63, 3.8) is 0 Å². The molecule has 0 aliphatic rings. The topological polar surface area (TPSA) is 63.6 Å². The van der Waals surface area contributed by atoms with Crippen LogP contribution >= 0.6 is 0 Å². The number of phenolic OH excluding ortho intramolecular Hbond substituents is 1. The summed E-state index contributed by atoms with van der Waals surface area (Å²) in [6.45, 7) is 7.52. The number of phenols is 1. The van der Waals surface area contributed by atoms with Gasteiger partial charge in [0.25, 0.3) is 0 Å². The summed E-state index contributed by atoms with van der Waals surface area (Å²) >= 11 is 0. The molecule has 0 saturated carbocycles. The van der Waals surface area contributed by atoms with Crippen molar-refractivity contribution in [1.29, 1.82) is 0 Å². The van der Waals surface area contributed by atoms with Crippen molar-refractivity contribution in [2.24, 2.45) is 0 Å². The van der Waals surface area contributed by atoms with E-state index in [4.69, 9.17) is 4.74 Å². The Labute approximate surface area is 125 Å². The third-order valence-electron chi connectivity index (χ3n) is 3.42. The number of carbonyl (C=O) groups excluding carboxylic acids is 2. The van der Waals surface area contributed by atoms with E-state index in [9.17, 15) is 14.7 Å². The molecule has 1 rings (SSSR count). The van der Waals surface area contributed by atoms with Gasteiger partial charge < -0.3 is 9.84 Å². The summed E-state index contributed by atoms with van der Waals surface area (Å²) < 4.78 is 5.73. The highest BCUT2D eigenvalue weighted by Crippen LogP contribution is 2.21. The van der Waals surface area contributed by atoms with Crippen LogP contribution in [0.4, 0.5) is 0 Å². The average molecular weight is 292 g/mol. The van der Waals surface area contributed by atoms with Crippen molar-refractivity contribution in [3.8, 4) is 5.75 Å². The van der Waals surface area contributed by atoms with Crippen LogP contribution in [-0.2, 0) is 16.1 Å². The number of hydrogen-bond donors (Lipinski definition) is 1. The Bertz CT molecular complexity index is 563. The standard InChI is InChI=1S/C16H21NO4/c1-11(2)16(20)21-12(3)17(4,5)9-13-6-7-15(19)14(8-13)10-18/h6-8,10,12H,1,9H2,2-5H3/p+1. The van der Waals surface area contributed by atoms with Crippen LogP contribution in [0.25, 0.3) is 0 Å². The fourth-order valence-electron chi connectivity index (χ4n) is 1.79. The van der Waals surface area contributed by atoms with E-state index in [1.54, 1.807) is 19.1 Å². The van der Waals surface area contributed by atoms with E-state index < -0.39 is 5.97 Å². The van der Waals surface area contributed by atoms with Gasteiger partial charge in [-0.25, -0.2) is 4.79 Å². The molecule has 1 N–H and O–H groups in total. The number of carbonyl (C=O) groups is 2. The van der Waals surface area contributed by atoms with Gasteiger partial charge in [-0.1, -0.05) is 6.58 Å². The predicted octanol–water partition coefficient (Wildman–Crippen LogP) is 2.25. The van der Waals surface area contributed by atoms with E-state index in [0.717, 1.165) is 5.56 Å². The van der Waals surface area contributed by atoms with E-state index in [-0.39, 0.29) is 17.5 Å². The molecule has 21 heavy (non-hydrogen) atoms. The van der Waals surface area contributed by atoms with Crippen LogP contribution in [0.1, 0.15) is 29.8 Å². The summed E-state index contributed by atoms with van der Waals surface area (Å²) in [5.74, 6) is -0.464. The molecule has 5 nitrogen and oxygen atoms in total. The molecule has 1 unspecified atom stereocenters. The monoisotopic (exact) mass is 292 g/mol. The lowest BCUT2D eigenvalue weighted by Gasteiger charge is -2.35. The molecule has 5 heteroatoms. The van der Waals surface area contributed by atoms with Gasteiger partial charge in [0.1, 0.15) is 12.3 Å². The highest BCUT2D eigenvalue weighted by Gasteiger charge is 2.28. The SMILES string of the molecule is C=C(C)C(=O)OC(C)[N+](C)(C)Cc1ccc(O)c(C=O)c1. The average Bonchev–Trinajstić information content (AvgIpc) is 2.40. The second-order valence-electron chi connectivity index (χ2n) is 5.73. The number of benzene rings is 1. The Balaban J connectivity index is 2.86. The van der Waals surface area contributed by atoms with Crippen LogP contribution in [0, 0.1) is 0 Å². The van der Waals surface area contributed by atoms with Gasteiger partial charge in [0.2, 0.25) is 6.23 Å². The zero-order valence-corrected chi connectivity index (χ0v) is 12.9. The number of aldehydes is 1. The molecule has 0 radical (unpaired) electrons. The van der Waals surface area contributed by atoms with E-state index in [0.29, 0.717) is 22.9 Å². The normalized spacial score (nSPS) is 12.6. The smallest absolute Gasteiger partial charge is 0.337 e. The summed E-state index contributed by atoms with van der Waals surface area (Å²) in [5.41, 5.74) is 1.48. The van der Waals surface area contributed by atoms with Gasteiger partial charge in [0.15, 0.2) is 6.29 Å². The summed E-state index contributed by atoms with van der Waals surface area (Å²) in [7, 11) is 3.84. The minimum Gasteiger partial charge on any atom is -0.507 e. The second kappa shape index (κ2) is 6.54. The lowest BCUT2D eigenvalue weighted by molar-refractivity contribution is -0.945. The molecule has 0 bridgehead atoms. The van der Waals surface area contributed by atoms with Gasteiger partial charge in [-0.2, -0.15) is 0 Å². The predicted molar refractivity (Wildman–Crippen MR) is 79.7 cm³/mol. The lowest BCUT2D eigenvalue weighted by Crippen LogP contribution is -2.48. The van der Waals surface area contributed by atoms with Crippen molar-refractivity contribution in [2.75, 3.05) is 14.1 Å². The first kappa shape index (κ1) is 16.9. The number of nitrogens with zero attached hydrogens (tertiary/aromatic N) is 1. The molecule has 0 aliphatic carbocycles. The largest absolute Gasteiger partial charge is 0.507 e. The maximum absolute atomic E-state index is 11.6. The molecular weight excluding hydrogens is 270 g/mol.